The monoisotopic (exact) mass is 277 g/mol. The van der Waals surface area contributed by atoms with E-state index in [4.69, 9.17) is 4.74 Å². The number of benzene rings is 1. The molecule has 0 aromatic heterocycles. The highest BCUT2D eigenvalue weighted by Crippen LogP contribution is 2.26. The zero-order valence-electron chi connectivity index (χ0n) is 13.5. The molecule has 0 spiro atoms. The fraction of sp³-hybridized carbons (Fsp3) is 0.588. The molecule has 0 aliphatic heterocycles. The number of nitrogens with one attached hydrogen (secondary N) is 1. The van der Waals surface area contributed by atoms with Crippen LogP contribution in [-0.2, 0) is 4.79 Å². The van der Waals surface area contributed by atoms with Crippen LogP contribution in [0.3, 0.4) is 0 Å². The summed E-state index contributed by atoms with van der Waals surface area (Å²) in [5.74, 6) is 1.09. The first-order chi connectivity index (χ1) is 9.26. The van der Waals surface area contributed by atoms with Crippen LogP contribution in [0.25, 0.3) is 0 Å². The van der Waals surface area contributed by atoms with E-state index in [1.54, 1.807) is 6.92 Å². The predicted molar refractivity (Wildman–Crippen MR) is 83.1 cm³/mol. The second-order valence-corrected chi connectivity index (χ2v) is 6.18. The van der Waals surface area contributed by atoms with E-state index in [2.05, 4.69) is 26.1 Å². The first-order valence-electron chi connectivity index (χ1n) is 7.34. The molecule has 0 saturated heterocycles. The Morgan fingerprint density at radius 1 is 1.25 bits per heavy atom. The third-order valence-electron chi connectivity index (χ3n) is 3.56. The molecule has 1 atom stereocenters. The van der Waals surface area contributed by atoms with Crippen molar-refractivity contribution in [1.82, 2.24) is 5.32 Å². The maximum Gasteiger partial charge on any atom is 0.261 e. The second kappa shape index (κ2) is 6.78. The Hall–Kier alpha value is -1.51. The zero-order valence-corrected chi connectivity index (χ0v) is 13.5. The molecule has 0 bridgehead atoms. The summed E-state index contributed by atoms with van der Waals surface area (Å²) in [7, 11) is 0. The van der Waals surface area contributed by atoms with E-state index in [0.717, 1.165) is 17.7 Å². The highest BCUT2D eigenvalue weighted by atomic mass is 16.5. The number of para-hydroxylation sites is 1. The highest BCUT2D eigenvalue weighted by Gasteiger charge is 2.23. The first-order valence-corrected chi connectivity index (χ1v) is 7.34. The molecule has 0 fully saturated rings. The van der Waals surface area contributed by atoms with E-state index in [1.807, 2.05) is 38.1 Å². The number of hydrogen-bond donors (Lipinski definition) is 1. The molecule has 3 nitrogen and oxygen atoms in total. The van der Waals surface area contributed by atoms with Gasteiger partial charge in [-0.1, -0.05) is 39.0 Å². The van der Waals surface area contributed by atoms with Gasteiger partial charge in [0.1, 0.15) is 5.75 Å². The van der Waals surface area contributed by atoms with Crippen molar-refractivity contribution < 1.29 is 9.53 Å². The van der Waals surface area contributed by atoms with Crippen LogP contribution in [0.4, 0.5) is 0 Å². The van der Waals surface area contributed by atoms with Gasteiger partial charge in [-0.2, -0.15) is 0 Å². The molecule has 0 saturated carbocycles. The zero-order chi connectivity index (χ0) is 15.3. The van der Waals surface area contributed by atoms with E-state index >= 15 is 0 Å². The van der Waals surface area contributed by atoms with Crippen LogP contribution in [0.1, 0.15) is 59.4 Å². The van der Waals surface area contributed by atoms with Crippen LogP contribution in [-0.4, -0.2) is 17.6 Å². The fourth-order valence-electron chi connectivity index (χ4n) is 1.83. The first kappa shape index (κ1) is 16.5. The molecule has 0 radical (unpaired) electrons. The molecule has 3 heteroatoms. The highest BCUT2D eigenvalue weighted by molar-refractivity contribution is 5.81. The summed E-state index contributed by atoms with van der Waals surface area (Å²) in [6.07, 6.45) is 0.384. The molecule has 0 aliphatic carbocycles. The van der Waals surface area contributed by atoms with Crippen LogP contribution in [0.5, 0.6) is 5.75 Å². The number of carbonyl (C=O) groups excluding carboxylic acids is 1. The summed E-state index contributed by atoms with van der Waals surface area (Å²) in [6.45, 7) is 12.1. The van der Waals surface area contributed by atoms with Gasteiger partial charge in [0, 0.05) is 5.54 Å². The summed E-state index contributed by atoms with van der Waals surface area (Å²) in [5, 5.41) is 3.01. The van der Waals surface area contributed by atoms with E-state index < -0.39 is 6.10 Å². The Balaban J connectivity index is 2.76. The number of carbonyl (C=O) groups is 1. The second-order valence-electron chi connectivity index (χ2n) is 6.18. The van der Waals surface area contributed by atoms with Gasteiger partial charge in [-0.15, -0.1) is 0 Å². The van der Waals surface area contributed by atoms with Crippen molar-refractivity contribution in [2.75, 3.05) is 0 Å². The summed E-state index contributed by atoms with van der Waals surface area (Å²) in [5.41, 5.74) is 0.925. The smallest absolute Gasteiger partial charge is 0.261 e. The Morgan fingerprint density at radius 3 is 2.40 bits per heavy atom. The molecular formula is C17H27NO2. The van der Waals surface area contributed by atoms with E-state index in [1.165, 1.54) is 0 Å². The van der Waals surface area contributed by atoms with Crippen molar-refractivity contribution in [2.45, 2.75) is 65.5 Å². The van der Waals surface area contributed by atoms with Gasteiger partial charge in [0.05, 0.1) is 0 Å². The Labute approximate surface area is 122 Å². The van der Waals surface area contributed by atoms with Crippen LogP contribution >= 0.6 is 0 Å². The molecule has 1 rings (SSSR count). The largest absolute Gasteiger partial charge is 0.481 e. The lowest BCUT2D eigenvalue weighted by molar-refractivity contribution is -0.129. The molecule has 1 aromatic rings. The minimum atomic E-state index is -0.499. The number of amides is 1. The molecule has 1 amide bonds. The molecule has 1 aromatic carbocycles. The standard InChI is InChI=1S/C17H27NO2/c1-7-17(5,6)18-16(19)13(4)20-15-11-9-8-10-14(15)12(2)3/h8-13H,7H2,1-6H3,(H,18,19). The SMILES string of the molecule is CCC(C)(C)NC(=O)C(C)Oc1ccccc1C(C)C. The van der Waals surface area contributed by atoms with Crippen LogP contribution in [0.2, 0.25) is 0 Å². The topological polar surface area (TPSA) is 38.3 Å². The normalized spacial score (nSPS) is 13.2. The van der Waals surface area contributed by atoms with Crippen molar-refractivity contribution in [3.05, 3.63) is 29.8 Å². The molecular weight excluding hydrogens is 250 g/mol. The van der Waals surface area contributed by atoms with E-state index in [0.29, 0.717) is 5.92 Å². The average Bonchev–Trinajstić information content (AvgIpc) is 2.38. The maximum atomic E-state index is 12.2. The third-order valence-corrected chi connectivity index (χ3v) is 3.56. The van der Waals surface area contributed by atoms with Crippen LogP contribution < -0.4 is 10.1 Å². The van der Waals surface area contributed by atoms with Crippen molar-refractivity contribution >= 4 is 5.91 Å². The van der Waals surface area contributed by atoms with Gasteiger partial charge in [0.25, 0.3) is 5.91 Å². The van der Waals surface area contributed by atoms with Gasteiger partial charge in [-0.3, -0.25) is 4.79 Å². The Kier molecular flexibility index (Phi) is 5.61. The van der Waals surface area contributed by atoms with E-state index in [-0.39, 0.29) is 11.4 Å². The number of ether oxygens (including phenoxy) is 1. The third kappa shape index (κ3) is 4.55. The van der Waals surface area contributed by atoms with Crippen molar-refractivity contribution in [3.63, 3.8) is 0 Å². The Bertz CT molecular complexity index is 452. The van der Waals surface area contributed by atoms with Crippen LogP contribution in [0, 0.1) is 0 Å². The lowest BCUT2D eigenvalue weighted by Gasteiger charge is -2.27. The summed E-state index contributed by atoms with van der Waals surface area (Å²) in [4.78, 5) is 12.2. The van der Waals surface area contributed by atoms with Gasteiger partial charge < -0.3 is 10.1 Å². The summed E-state index contributed by atoms with van der Waals surface area (Å²) in [6, 6.07) is 7.89. The lowest BCUT2D eigenvalue weighted by atomic mass is 10.0. The van der Waals surface area contributed by atoms with Gasteiger partial charge in [0.2, 0.25) is 0 Å². The maximum absolute atomic E-state index is 12.2. The van der Waals surface area contributed by atoms with Crippen molar-refractivity contribution in [1.29, 1.82) is 0 Å². The molecule has 1 unspecified atom stereocenters. The van der Waals surface area contributed by atoms with Gasteiger partial charge in [0.15, 0.2) is 6.10 Å². The summed E-state index contributed by atoms with van der Waals surface area (Å²) >= 11 is 0. The molecule has 0 heterocycles. The molecule has 0 aliphatic rings. The summed E-state index contributed by atoms with van der Waals surface area (Å²) < 4.78 is 5.85. The fourth-order valence-corrected chi connectivity index (χ4v) is 1.83. The Morgan fingerprint density at radius 2 is 1.85 bits per heavy atom. The molecule has 20 heavy (non-hydrogen) atoms. The van der Waals surface area contributed by atoms with E-state index in [9.17, 15) is 4.79 Å². The predicted octanol–water partition coefficient (Wildman–Crippen LogP) is 3.88. The number of rotatable bonds is 6. The average molecular weight is 277 g/mol. The minimum Gasteiger partial charge on any atom is -0.481 e. The van der Waals surface area contributed by atoms with Crippen LogP contribution in [0.15, 0.2) is 24.3 Å². The van der Waals surface area contributed by atoms with Crippen molar-refractivity contribution in [3.8, 4) is 5.75 Å². The minimum absolute atomic E-state index is 0.0737. The van der Waals surface area contributed by atoms with Gasteiger partial charge >= 0.3 is 0 Å². The quantitative estimate of drug-likeness (QED) is 0.857. The number of hydrogen-bond acceptors (Lipinski definition) is 2. The van der Waals surface area contributed by atoms with Gasteiger partial charge in [-0.05, 0) is 44.7 Å². The van der Waals surface area contributed by atoms with Crippen molar-refractivity contribution in [2.24, 2.45) is 0 Å². The molecule has 112 valence electrons. The lowest BCUT2D eigenvalue weighted by Crippen LogP contribution is -2.48. The molecule has 1 N–H and O–H groups in total. The van der Waals surface area contributed by atoms with Gasteiger partial charge in [-0.25, -0.2) is 0 Å².